The highest BCUT2D eigenvalue weighted by Gasteiger charge is 2.13. The second-order valence-electron chi connectivity index (χ2n) is 3.92. The number of para-hydroxylation sites is 1. The van der Waals surface area contributed by atoms with Crippen LogP contribution in [-0.4, -0.2) is 16.5 Å². The van der Waals surface area contributed by atoms with Gasteiger partial charge in [-0.15, -0.1) is 0 Å². The summed E-state index contributed by atoms with van der Waals surface area (Å²) in [5.41, 5.74) is 2.24. The van der Waals surface area contributed by atoms with Gasteiger partial charge in [-0.05, 0) is 30.3 Å². The van der Waals surface area contributed by atoms with Crippen LogP contribution in [0.5, 0.6) is 5.75 Å². The number of phenolic OH excluding ortho intramolecular Hbond substituents is 1. The standard InChI is InChI=1S/C14H9NO3/c16-8-9-5-6-13-11(7-9)14(15-18-13)10-3-1-2-4-12(10)17/h1-8,17H. The van der Waals surface area contributed by atoms with Gasteiger partial charge in [0, 0.05) is 11.1 Å². The monoisotopic (exact) mass is 239 g/mol. The molecule has 4 nitrogen and oxygen atoms in total. The van der Waals surface area contributed by atoms with Crippen molar-refractivity contribution >= 4 is 17.3 Å². The number of phenols is 1. The third-order valence-corrected chi connectivity index (χ3v) is 2.79. The molecule has 0 bridgehead atoms. The summed E-state index contributed by atoms with van der Waals surface area (Å²) in [5.74, 6) is 0.129. The average Bonchev–Trinajstić information content (AvgIpc) is 2.82. The molecule has 0 saturated heterocycles. The van der Waals surface area contributed by atoms with Gasteiger partial charge in [-0.25, -0.2) is 0 Å². The van der Waals surface area contributed by atoms with Gasteiger partial charge in [0.05, 0.1) is 5.39 Å². The maximum absolute atomic E-state index is 10.8. The first kappa shape index (κ1) is 10.5. The zero-order valence-electron chi connectivity index (χ0n) is 9.33. The molecular formula is C14H9NO3. The fraction of sp³-hybridized carbons (Fsp3) is 0. The Hall–Kier alpha value is -2.62. The number of rotatable bonds is 2. The Labute approximate surface area is 102 Å². The second kappa shape index (κ2) is 4.00. The molecule has 18 heavy (non-hydrogen) atoms. The van der Waals surface area contributed by atoms with Crippen LogP contribution in [0.1, 0.15) is 10.4 Å². The number of aromatic hydroxyl groups is 1. The molecule has 1 aromatic heterocycles. The molecule has 4 heteroatoms. The molecule has 0 aliphatic heterocycles. The molecule has 3 aromatic rings. The molecule has 88 valence electrons. The minimum atomic E-state index is 0.129. The van der Waals surface area contributed by atoms with Gasteiger partial charge in [0.1, 0.15) is 17.7 Å². The zero-order chi connectivity index (χ0) is 12.5. The Kier molecular flexibility index (Phi) is 2.34. The summed E-state index contributed by atoms with van der Waals surface area (Å²) in [7, 11) is 0. The molecule has 0 radical (unpaired) electrons. The maximum atomic E-state index is 10.8. The zero-order valence-corrected chi connectivity index (χ0v) is 9.33. The number of hydrogen-bond donors (Lipinski definition) is 1. The number of aldehydes is 1. The number of nitrogens with zero attached hydrogens (tertiary/aromatic N) is 1. The van der Waals surface area contributed by atoms with Crippen LogP contribution in [-0.2, 0) is 0 Å². The van der Waals surface area contributed by atoms with Crippen LogP contribution in [0.15, 0.2) is 47.0 Å². The van der Waals surface area contributed by atoms with E-state index in [1.165, 1.54) is 0 Å². The van der Waals surface area contributed by atoms with Gasteiger partial charge >= 0.3 is 0 Å². The van der Waals surface area contributed by atoms with Gasteiger partial charge in [-0.3, -0.25) is 4.79 Å². The van der Waals surface area contributed by atoms with Crippen molar-refractivity contribution in [2.24, 2.45) is 0 Å². The molecule has 0 atom stereocenters. The van der Waals surface area contributed by atoms with E-state index in [2.05, 4.69) is 5.16 Å². The van der Waals surface area contributed by atoms with Gasteiger partial charge in [0.15, 0.2) is 5.58 Å². The summed E-state index contributed by atoms with van der Waals surface area (Å²) in [6.07, 6.45) is 0.765. The lowest BCUT2D eigenvalue weighted by Crippen LogP contribution is -1.81. The lowest BCUT2D eigenvalue weighted by Gasteiger charge is -2.00. The van der Waals surface area contributed by atoms with Crippen molar-refractivity contribution < 1.29 is 14.4 Å². The Bertz CT molecular complexity index is 731. The molecule has 3 rings (SSSR count). The highest BCUT2D eigenvalue weighted by atomic mass is 16.5. The van der Waals surface area contributed by atoms with Crippen molar-refractivity contribution in [1.82, 2.24) is 5.16 Å². The van der Waals surface area contributed by atoms with Crippen LogP contribution in [0.4, 0.5) is 0 Å². The number of fused-ring (bicyclic) bond motifs is 1. The molecule has 0 unspecified atom stereocenters. The molecule has 0 spiro atoms. The Balaban J connectivity index is 2.29. The SMILES string of the molecule is O=Cc1ccc2onc(-c3ccccc3O)c2c1. The quantitative estimate of drug-likeness (QED) is 0.698. The molecule has 2 aromatic carbocycles. The minimum Gasteiger partial charge on any atom is -0.507 e. The van der Waals surface area contributed by atoms with E-state index in [1.807, 2.05) is 0 Å². The Morgan fingerprint density at radius 1 is 1.17 bits per heavy atom. The van der Waals surface area contributed by atoms with Crippen LogP contribution in [0, 0.1) is 0 Å². The summed E-state index contributed by atoms with van der Waals surface area (Å²) in [4.78, 5) is 10.8. The van der Waals surface area contributed by atoms with Gasteiger partial charge < -0.3 is 9.63 Å². The van der Waals surface area contributed by atoms with Gasteiger partial charge in [0.25, 0.3) is 0 Å². The van der Waals surface area contributed by atoms with E-state index >= 15 is 0 Å². The molecule has 1 N–H and O–H groups in total. The fourth-order valence-electron chi connectivity index (χ4n) is 1.90. The highest BCUT2D eigenvalue weighted by molar-refractivity contribution is 5.96. The summed E-state index contributed by atoms with van der Waals surface area (Å²) in [6, 6.07) is 11.9. The first-order valence-electron chi connectivity index (χ1n) is 5.42. The lowest BCUT2D eigenvalue weighted by molar-refractivity contribution is 0.112. The van der Waals surface area contributed by atoms with Gasteiger partial charge in [0.2, 0.25) is 0 Å². The largest absolute Gasteiger partial charge is 0.507 e. The number of carbonyl (C=O) groups is 1. The van der Waals surface area contributed by atoms with Crippen molar-refractivity contribution in [2.45, 2.75) is 0 Å². The van der Waals surface area contributed by atoms with Crippen LogP contribution in [0.3, 0.4) is 0 Å². The first-order chi connectivity index (χ1) is 8.79. The fourth-order valence-corrected chi connectivity index (χ4v) is 1.90. The normalized spacial score (nSPS) is 10.7. The molecule has 0 aliphatic carbocycles. The van der Waals surface area contributed by atoms with Crippen molar-refractivity contribution in [3.05, 3.63) is 48.0 Å². The van der Waals surface area contributed by atoms with Gasteiger partial charge in [-0.1, -0.05) is 17.3 Å². The predicted molar refractivity (Wildman–Crippen MR) is 66.5 cm³/mol. The number of carbonyl (C=O) groups excluding carboxylic acids is 1. The molecule has 0 aliphatic rings. The van der Waals surface area contributed by atoms with E-state index < -0.39 is 0 Å². The van der Waals surface area contributed by atoms with Crippen molar-refractivity contribution in [3.63, 3.8) is 0 Å². The maximum Gasteiger partial charge on any atom is 0.167 e. The van der Waals surface area contributed by atoms with Crippen molar-refractivity contribution in [2.75, 3.05) is 0 Å². The third kappa shape index (κ3) is 1.55. The van der Waals surface area contributed by atoms with E-state index in [-0.39, 0.29) is 5.75 Å². The topological polar surface area (TPSA) is 63.3 Å². The molecule has 0 fully saturated rings. The average molecular weight is 239 g/mol. The van der Waals surface area contributed by atoms with Crippen LogP contribution in [0.25, 0.3) is 22.2 Å². The second-order valence-corrected chi connectivity index (χ2v) is 3.92. The highest BCUT2D eigenvalue weighted by Crippen LogP contribution is 2.33. The predicted octanol–water partition coefficient (Wildman–Crippen LogP) is 3.01. The molecule has 1 heterocycles. The van der Waals surface area contributed by atoms with Crippen molar-refractivity contribution in [3.8, 4) is 17.0 Å². The molecule has 0 amide bonds. The van der Waals surface area contributed by atoms with E-state index in [1.54, 1.807) is 42.5 Å². The van der Waals surface area contributed by atoms with E-state index in [0.29, 0.717) is 27.8 Å². The van der Waals surface area contributed by atoms with E-state index in [9.17, 15) is 9.90 Å². The van der Waals surface area contributed by atoms with Crippen molar-refractivity contribution in [1.29, 1.82) is 0 Å². The van der Waals surface area contributed by atoms with Gasteiger partial charge in [-0.2, -0.15) is 0 Å². The molecular weight excluding hydrogens is 230 g/mol. The number of benzene rings is 2. The summed E-state index contributed by atoms with van der Waals surface area (Å²) >= 11 is 0. The smallest absolute Gasteiger partial charge is 0.167 e. The summed E-state index contributed by atoms with van der Waals surface area (Å²) in [6.45, 7) is 0. The Morgan fingerprint density at radius 3 is 2.78 bits per heavy atom. The molecule has 0 saturated carbocycles. The summed E-state index contributed by atoms with van der Waals surface area (Å²) in [5, 5.41) is 14.5. The minimum absolute atomic E-state index is 0.129. The van der Waals surface area contributed by atoms with Crippen LogP contribution in [0.2, 0.25) is 0 Å². The number of hydrogen-bond acceptors (Lipinski definition) is 4. The van der Waals surface area contributed by atoms with Crippen LogP contribution < -0.4 is 0 Å². The summed E-state index contributed by atoms with van der Waals surface area (Å²) < 4.78 is 5.18. The van der Waals surface area contributed by atoms with Crippen LogP contribution >= 0.6 is 0 Å². The first-order valence-corrected chi connectivity index (χ1v) is 5.42. The lowest BCUT2D eigenvalue weighted by atomic mass is 10.1. The van der Waals surface area contributed by atoms with E-state index in [4.69, 9.17) is 4.52 Å². The Morgan fingerprint density at radius 2 is 2.00 bits per heavy atom. The van der Waals surface area contributed by atoms with E-state index in [0.717, 1.165) is 6.29 Å². The number of aromatic nitrogens is 1. The third-order valence-electron chi connectivity index (χ3n) is 2.79.